The maximum atomic E-state index is 13.5. The Morgan fingerprint density at radius 2 is 1.84 bits per heavy atom. The maximum Gasteiger partial charge on any atom is 0.411 e. The molecule has 31 heavy (non-hydrogen) atoms. The summed E-state index contributed by atoms with van der Waals surface area (Å²) in [5, 5.41) is 6.73. The number of halogens is 3. The van der Waals surface area contributed by atoms with E-state index in [1.807, 2.05) is 13.8 Å². The van der Waals surface area contributed by atoms with E-state index >= 15 is 0 Å². The van der Waals surface area contributed by atoms with Crippen LogP contribution in [0.2, 0.25) is 0 Å². The number of nitrogens with one attached hydrogen (secondary N) is 1. The van der Waals surface area contributed by atoms with Gasteiger partial charge in [0.05, 0.1) is 12.3 Å². The minimum atomic E-state index is -1.58. The lowest BCUT2D eigenvalue weighted by Crippen LogP contribution is -2.17. The largest absolute Gasteiger partial charge is 0.449 e. The molecule has 0 atom stereocenters. The average molecular weight is 431 g/mol. The monoisotopic (exact) mass is 431 g/mol. The first-order valence-electron chi connectivity index (χ1n) is 9.49. The van der Waals surface area contributed by atoms with Crippen LogP contribution in [0.15, 0.2) is 53.5 Å². The van der Waals surface area contributed by atoms with Crippen molar-refractivity contribution in [1.29, 1.82) is 0 Å². The summed E-state index contributed by atoms with van der Waals surface area (Å²) in [7, 11) is 0. The van der Waals surface area contributed by atoms with E-state index in [1.165, 1.54) is 12.3 Å². The fourth-order valence-corrected chi connectivity index (χ4v) is 2.74. The summed E-state index contributed by atoms with van der Waals surface area (Å²) in [6, 6.07) is 9.53. The van der Waals surface area contributed by atoms with E-state index in [2.05, 4.69) is 10.4 Å². The van der Waals surface area contributed by atoms with Gasteiger partial charge in [0, 0.05) is 36.5 Å². The van der Waals surface area contributed by atoms with Gasteiger partial charge in [-0.25, -0.2) is 22.6 Å². The molecule has 0 aliphatic heterocycles. The lowest BCUT2D eigenvalue weighted by molar-refractivity contribution is 0.147. The van der Waals surface area contributed by atoms with Gasteiger partial charge in [-0.15, -0.1) is 0 Å². The quantitative estimate of drug-likeness (QED) is 0.586. The van der Waals surface area contributed by atoms with Crippen molar-refractivity contribution in [3.8, 4) is 5.69 Å². The predicted octanol–water partition coefficient (Wildman–Crippen LogP) is 4.45. The number of rotatable bonds is 6. The summed E-state index contributed by atoms with van der Waals surface area (Å²) in [5.41, 5.74) is 0.799. The molecule has 1 heterocycles. The number of anilines is 1. The topological polar surface area (TPSA) is 73.2 Å². The molecular formula is C22H20F3N3O3. The Balaban J connectivity index is 1.81. The first kappa shape index (κ1) is 22.1. The number of hydrogen-bond donors (Lipinski definition) is 1. The van der Waals surface area contributed by atoms with Gasteiger partial charge in [-0.05, 0) is 23.6 Å². The number of carbonyl (C=O) groups is 1. The van der Waals surface area contributed by atoms with Crippen LogP contribution in [0.5, 0.6) is 0 Å². The van der Waals surface area contributed by atoms with Crippen molar-refractivity contribution < 1.29 is 22.7 Å². The zero-order valence-electron chi connectivity index (χ0n) is 16.9. The van der Waals surface area contributed by atoms with E-state index in [9.17, 15) is 22.8 Å². The molecule has 0 aliphatic carbocycles. The first-order chi connectivity index (χ1) is 14.7. The fraction of sp³-hybridized carbons (Fsp3) is 0.227. The number of ether oxygens (including phenoxy) is 1. The molecule has 0 fully saturated rings. The van der Waals surface area contributed by atoms with Crippen LogP contribution in [0.1, 0.15) is 25.1 Å². The van der Waals surface area contributed by atoms with Crippen molar-refractivity contribution in [3.63, 3.8) is 0 Å². The molecule has 0 unspecified atom stereocenters. The molecule has 3 aromatic rings. The zero-order chi connectivity index (χ0) is 22.5. The van der Waals surface area contributed by atoms with Crippen LogP contribution in [0.25, 0.3) is 5.69 Å². The highest BCUT2D eigenvalue weighted by Crippen LogP contribution is 2.17. The van der Waals surface area contributed by atoms with Gasteiger partial charge in [0.25, 0.3) is 0 Å². The van der Waals surface area contributed by atoms with E-state index in [4.69, 9.17) is 4.74 Å². The average Bonchev–Trinajstić information content (AvgIpc) is 2.72. The molecule has 0 saturated heterocycles. The fourth-order valence-electron chi connectivity index (χ4n) is 2.74. The maximum absolute atomic E-state index is 13.5. The summed E-state index contributed by atoms with van der Waals surface area (Å²) in [6.07, 6.45) is 0.745. The molecule has 1 N–H and O–H groups in total. The summed E-state index contributed by atoms with van der Waals surface area (Å²) in [6.45, 7) is 4.12. The molecule has 0 radical (unpaired) electrons. The SMILES string of the molecule is CC(C)COC(=O)Nc1cccc(Cc2nn(-c3cc(F)c(F)c(F)c3)ccc2=O)c1. The van der Waals surface area contributed by atoms with Gasteiger partial charge >= 0.3 is 6.09 Å². The second-order valence-corrected chi connectivity index (χ2v) is 7.29. The lowest BCUT2D eigenvalue weighted by Gasteiger charge is -2.11. The Labute approximate surface area is 176 Å². The highest BCUT2D eigenvalue weighted by molar-refractivity contribution is 5.84. The summed E-state index contributed by atoms with van der Waals surface area (Å²) in [5.74, 6) is -4.10. The van der Waals surface area contributed by atoms with Crippen molar-refractivity contribution >= 4 is 11.8 Å². The Morgan fingerprint density at radius 1 is 1.13 bits per heavy atom. The Morgan fingerprint density at radius 3 is 2.52 bits per heavy atom. The van der Waals surface area contributed by atoms with Gasteiger partial charge in [-0.2, -0.15) is 5.10 Å². The van der Waals surface area contributed by atoms with Gasteiger partial charge in [0.1, 0.15) is 5.69 Å². The van der Waals surface area contributed by atoms with Crippen LogP contribution in [0.4, 0.5) is 23.7 Å². The summed E-state index contributed by atoms with van der Waals surface area (Å²) < 4.78 is 46.4. The molecule has 1 aromatic heterocycles. The smallest absolute Gasteiger partial charge is 0.411 e. The highest BCUT2D eigenvalue weighted by atomic mass is 19.2. The van der Waals surface area contributed by atoms with Crippen molar-refractivity contribution in [2.75, 3.05) is 11.9 Å². The minimum absolute atomic E-state index is 0.0686. The molecule has 6 nitrogen and oxygen atoms in total. The van der Waals surface area contributed by atoms with E-state index in [0.717, 1.165) is 16.8 Å². The second kappa shape index (κ2) is 9.46. The molecule has 9 heteroatoms. The summed E-state index contributed by atoms with van der Waals surface area (Å²) in [4.78, 5) is 24.1. The van der Waals surface area contributed by atoms with Gasteiger partial charge in [-0.3, -0.25) is 10.1 Å². The molecule has 2 aromatic carbocycles. The van der Waals surface area contributed by atoms with Gasteiger partial charge in [0.2, 0.25) is 5.43 Å². The number of benzene rings is 2. The third kappa shape index (κ3) is 5.71. The number of aromatic nitrogens is 2. The molecular weight excluding hydrogens is 411 g/mol. The van der Waals surface area contributed by atoms with E-state index in [1.54, 1.807) is 24.3 Å². The zero-order valence-corrected chi connectivity index (χ0v) is 16.9. The number of hydrogen-bond acceptors (Lipinski definition) is 4. The van der Waals surface area contributed by atoms with Crippen LogP contribution < -0.4 is 10.7 Å². The molecule has 0 bridgehead atoms. The first-order valence-corrected chi connectivity index (χ1v) is 9.49. The van der Waals surface area contributed by atoms with Crippen molar-refractivity contribution in [2.45, 2.75) is 20.3 Å². The van der Waals surface area contributed by atoms with Crippen LogP contribution in [-0.4, -0.2) is 22.5 Å². The minimum Gasteiger partial charge on any atom is -0.449 e. The van der Waals surface area contributed by atoms with Crippen molar-refractivity contribution in [3.05, 3.63) is 87.6 Å². The van der Waals surface area contributed by atoms with E-state index in [-0.39, 0.29) is 35.8 Å². The molecule has 1 amide bonds. The van der Waals surface area contributed by atoms with Crippen LogP contribution in [-0.2, 0) is 11.2 Å². The van der Waals surface area contributed by atoms with Crippen molar-refractivity contribution in [2.24, 2.45) is 5.92 Å². The van der Waals surface area contributed by atoms with Crippen molar-refractivity contribution in [1.82, 2.24) is 9.78 Å². The molecule has 162 valence electrons. The number of nitrogens with zero attached hydrogens (tertiary/aromatic N) is 2. The van der Waals surface area contributed by atoms with E-state index in [0.29, 0.717) is 11.3 Å². The Hall–Kier alpha value is -3.62. The third-order valence-corrected chi connectivity index (χ3v) is 4.21. The molecule has 0 aliphatic rings. The summed E-state index contributed by atoms with van der Waals surface area (Å²) >= 11 is 0. The van der Waals surface area contributed by atoms with E-state index < -0.39 is 23.5 Å². The Kier molecular flexibility index (Phi) is 6.74. The lowest BCUT2D eigenvalue weighted by atomic mass is 10.1. The number of amides is 1. The highest BCUT2D eigenvalue weighted by Gasteiger charge is 2.13. The molecule has 0 saturated carbocycles. The van der Waals surface area contributed by atoms with Crippen LogP contribution in [0.3, 0.4) is 0 Å². The van der Waals surface area contributed by atoms with Crippen LogP contribution >= 0.6 is 0 Å². The third-order valence-electron chi connectivity index (χ3n) is 4.21. The molecule has 3 rings (SSSR count). The molecule has 0 spiro atoms. The van der Waals surface area contributed by atoms with Gasteiger partial charge < -0.3 is 4.74 Å². The standard InChI is InChI=1S/C22H20F3N3O3/c1-13(2)12-31-22(30)26-15-5-3-4-14(8-15)9-19-20(29)6-7-28(27-19)16-10-17(23)21(25)18(24)11-16/h3-8,10-11,13H,9,12H2,1-2H3,(H,26,30). The predicted molar refractivity (Wildman–Crippen MR) is 109 cm³/mol. The van der Waals surface area contributed by atoms with Gasteiger partial charge in [0.15, 0.2) is 17.5 Å². The Bertz CT molecular complexity index is 1140. The normalized spacial score (nSPS) is 10.9. The second-order valence-electron chi connectivity index (χ2n) is 7.29. The van der Waals surface area contributed by atoms with Gasteiger partial charge in [-0.1, -0.05) is 26.0 Å². The van der Waals surface area contributed by atoms with Crippen LogP contribution in [0, 0.1) is 23.4 Å². The number of carbonyl (C=O) groups excluding carboxylic acids is 1.